The van der Waals surface area contributed by atoms with Crippen molar-refractivity contribution < 1.29 is 9.90 Å². The largest absolute Gasteiger partial charge is 0.480 e. The van der Waals surface area contributed by atoms with E-state index in [0.29, 0.717) is 6.04 Å². The minimum Gasteiger partial charge on any atom is -0.480 e. The van der Waals surface area contributed by atoms with Gasteiger partial charge in [0.1, 0.15) is 6.04 Å². The molecule has 1 aliphatic carbocycles. The highest BCUT2D eigenvalue weighted by Crippen LogP contribution is 2.16. The second-order valence-electron chi connectivity index (χ2n) is 3.68. The Morgan fingerprint density at radius 3 is 2.54 bits per heavy atom. The molecule has 0 amide bonds. The summed E-state index contributed by atoms with van der Waals surface area (Å²) in [6.07, 6.45) is 6.12. The molecule has 0 aliphatic heterocycles. The highest BCUT2D eigenvalue weighted by Gasteiger charge is 2.15. The monoisotopic (exact) mass is 186 g/mol. The molecule has 0 heterocycles. The molecule has 1 rings (SSSR count). The van der Waals surface area contributed by atoms with Crippen LogP contribution in [0.3, 0.4) is 0 Å². The lowest BCUT2D eigenvalue weighted by molar-refractivity contribution is -0.139. The van der Waals surface area contributed by atoms with Gasteiger partial charge in [-0.05, 0) is 19.8 Å². The van der Waals surface area contributed by atoms with E-state index in [1.54, 1.807) is 6.92 Å². The van der Waals surface area contributed by atoms with Crippen LogP contribution in [-0.2, 0) is 4.79 Å². The third kappa shape index (κ3) is 3.74. The highest BCUT2D eigenvalue weighted by atomic mass is 16.4. The highest BCUT2D eigenvalue weighted by molar-refractivity contribution is 5.72. The van der Waals surface area contributed by atoms with Crippen molar-refractivity contribution in [3.05, 3.63) is 0 Å². The predicted molar refractivity (Wildman–Crippen MR) is 50.2 cm³/mol. The van der Waals surface area contributed by atoms with E-state index in [1.807, 2.05) is 0 Å². The molecule has 0 spiro atoms. The van der Waals surface area contributed by atoms with Crippen molar-refractivity contribution in [1.82, 2.24) is 10.9 Å². The molecule has 76 valence electrons. The number of hydrogen-bond donors (Lipinski definition) is 3. The fraction of sp³-hybridized carbons (Fsp3) is 0.889. The van der Waals surface area contributed by atoms with Crippen LogP contribution in [0.2, 0.25) is 0 Å². The molecule has 1 saturated carbocycles. The Bertz CT molecular complexity index is 167. The second-order valence-corrected chi connectivity index (χ2v) is 3.68. The van der Waals surface area contributed by atoms with Crippen molar-refractivity contribution in [3.63, 3.8) is 0 Å². The van der Waals surface area contributed by atoms with Gasteiger partial charge in [-0.2, -0.15) is 0 Å². The molecule has 1 atom stereocenters. The van der Waals surface area contributed by atoms with Gasteiger partial charge >= 0.3 is 5.97 Å². The number of aliphatic carboxylic acids is 1. The third-order valence-corrected chi connectivity index (χ3v) is 2.48. The topological polar surface area (TPSA) is 61.4 Å². The Morgan fingerprint density at radius 1 is 1.38 bits per heavy atom. The number of carboxylic acids is 1. The van der Waals surface area contributed by atoms with Gasteiger partial charge in [-0.3, -0.25) is 10.2 Å². The molecule has 0 aromatic carbocycles. The first-order chi connectivity index (χ1) is 6.20. The Kier molecular flexibility index (Phi) is 4.18. The third-order valence-electron chi connectivity index (χ3n) is 2.48. The van der Waals surface area contributed by atoms with Crippen LogP contribution in [0.25, 0.3) is 0 Å². The van der Waals surface area contributed by atoms with Gasteiger partial charge < -0.3 is 5.11 Å². The van der Waals surface area contributed by atoms with Crippen molar-refractivity contribution in [1.29, 1.82) is 0 Å². The second kappa shape index (κ2) is 5.19. The van der Waals surface area contributed by atoms with E-state index in [2.05, 4.69) is 10.9 Å². The summed E-state index contributed by atoms with van der Waals surface area (Å²) < 4.78 is 0. The summed E-state index contributed by atoms with van der Waals surface area (Å²) in [5.41, 5.74) is 5.87. The molecule has 4 nitrogen and oxygen atoms in total. The molecule has 3 N–H and O–H groups in total. The molecule has 0 saturated heterocycles. The molecule has 0 aromatic rings. The van der Waals surface area contributed by atoms with Gasteiger partial charge in [0.05, 0.1) is 0 Å². The van der Waals surface area contributed by atoms with E-state index in [4.69, 9.17) is 5.11 Å². The minimum atomic E-state index is -0.816. The average molecular weight is 186 g/mol. The van der Waals surface area contributed by atoms with Crippen LogP contribution >= 0.6 is 0 Å². The minimum absolute atomic E-state index is 0.454. The zero-order chi connectivity index (χ0) is 9.68. The van der Waals surface area contributed by atoms with Gasteiger partial charge in [0, 0.05) is 6.04 Å². The van der Waals surface area contributed by atoms with E-state index in [0.717, 1.165) is 12.8 Å². The van der Waals surface area contributed by atoms with E-state index < -0.39 is 12.0 Å². The smallest absolute Gasteiger partial charge is 0.321 e. The van der Waals surface area contributed by atoms with Crippen LogP contribution < -0.4 is 10.9 Å². The lowest BCUT2D eigenvalue weighted by atomic mass is 9.96. The van der Waals surface area contributed by atoms with Crippen LogP contribution in [0.1, 0.15) is 39.0 Å². The maximum Gasteiger partial charge on any atom is 0.321 e. The molecular formula is C9H18N2O2. The van der Waals surface area contributed by atoms with Crippen molar-refractivity contribution in [3.8, 4) is 0 Å². The van der Waals surface area contributed by atoms with Crippen LogP contribution in [0.15, 0.2) is 0 Å². The summed E-state index contributed by atoms with van der Waals surface area (Å²) in [7, 11) is 0. The Hall–Kier alpha value is -0.610. The molecule has 1 fully saturated rings. The Balaban J connectivity index is 2.13. The van der Waals surface area contributed by atoms with Crippen molar-refractivity contribution in [2.75, 3.05) is 0 Å². The fourth-order valence-corrected chi connectivity index (χ4v) is 1.55. The first-order valence-electron chi connectivity index (χ1n) is 4.94. The number of nitrogens with one attached hydrogen (secondary N) is 2. The zero-order valence-electron chi connectivity index (χ0n) is 8.05. The molecular weight excluding hydrogens is 168 g/mol. The SMILES string of the molecule is CC(NNC1CCCCC1)C(=O)O. The quantitative estimate of drug-likeness (QED) is 0.570. The number of hydrazine groups is 1. The zero-order valence-corrected chi connectivity index (χ0v) is 8.05. The summed E-state index contributed by atoms with van der Waals surface area (Å²) in [4.78, 5) is 10.5. The van der Waals surface area contributed by atoms with Crippen molar-refractivity contribution in [2.45, 2.75) is 51.1 Å². The molecule has 4 heteroatoms. The maximum atomic E-state index is 10.5. The van der Waals surface area contributed by atoms with Crippen molar-refractivity contribution >= 4 is 5.97 Å². The number of hydrogen-bond acceptors (Lipinski definition) is 3. The van der Waals surface area contributed by atoms with Crippen LogP contribution in [0, 0.1) is 0 Å². The normalized spacial score (nSPS) is 21.3. The summed E-state index contributed by atoms with van der Waals surface area (Å²) in [5.74, 6) is -0.816. The van der Waals surface area contributed by atoms with Gasteiger partial charge in [-0.15, -0.1) is 0 Å². The van der Waals surface area contributed by atoms with E-state index in [-0.39, 0.29) is 0 Å². The van der Waals surface area contributed by atoms with E-state index >= 15 is 0 Å². The lowest BCUT2D eigenvalue weighted by Gasteiger charge is -2.24. The molecule has 13 heavy (non-hydrogen) atoms. The van der Waals surface area contributed by atoms with Gasteiger partial charge in [0.25, 0.3) is 0 Å². The number of rotatable bonds is 4. The standard InChI is InChI=1S/C9H18N2O2/c1-7(9(12)13)10-11-8-5-3-2-4-6-8/h7-8,10-11H,2-6H2,1H3,(H,12,13). The summed E-state index contributed by atoms with van der Waals surface area (Å²) in [6.45, 7) is 1.64. The molecule has 0 radical (unpaired) electrons. The maximum absolute atomic E-state index is 10.5. The summed E-state index contributed by atoms with van der Waals surface area (Å²) in [5, 5.41) is 8.61. The molecule has 0 aromatic heterocycles. The van der Waals surface area contributed by atoms with Crippen molar-refractivity contribution in [2.24, 2.45) is 0 Å². The van der Waals surface area contributed by atoms with Crippen LogP contribution in [-0.4, -0.2) is 23.2 Å². The number of carbonyl (C=O) groups is 1. The lowest BCUT2D eigenvalue weighted by Crippen LogP contribution is -2.49. The van der Waals surface area contributed by atoms with Gasteiger partial charge in [-0.25, -0.2) is 5.43 Å². The summed E-state index contributed by atoms with van der Waals surface area (Å²) in [6, 6.07) is -0.0579. The fourth-order valence-electron chi connectivity index (χ4n) is 1.55. The van der Waals surface area contributed by atoms with E-state index in [9.17, 15) is 4.79 Å². The molecule has 0 bridgehead atoms. The Morgan fingerprint density at radius 2 is 2.00 bits per heavy atom. The first kappa shape index (κ1) is 10.5. The first-order valence-corrected chi connectivity index (χ1v) is 4.94. The van der Waals surface area contributed by atoms with Crippen LogP contribution in [0.4, 0.5) is 0 Å². The van der Waals surface area contributed by atoms with Gasteiger partial charge in [0.2, 0.25) is 0 Å². The van der Waals surface area contributed by atoms with Gasteiger partial charge in [0.15, 0.2) is 0 Å². The Labute approximate surface area is 78.7 Å². The van der Waals surface area contributed by atoms with Crippen LogP contribution in [0.5, 0.6) is 0 Å². The van der Waals surface area contributed by atoms with E-state index in [1.165, 1.54) is 19.3 Å². The van der Waals surface area contributed by atoms with Gasteiger partial charge in [-0.1, -0.05) is 19.3 Å². The number of carboxylic acid groups (broad SMARTS) is 1. The molecule has 1 unspecified atom stereocenters. The molecule has 1 aliphatic rings. The summed E-state index contributed by atoms with van der Waals surface area (Å²) >= 11 is 0. The average Bonchev–Trinajstić information content (AvgIpc) is 2.15. The predicted octanol–water partition coefficient (Wildman–Crippen LogP) is 0.886.